The Morgan fingerprint density at radius 1 is 1.06 bits per heavy atom. The Morgan fingerprint density at radius 3 is 2.39 bits per heavy atom. The van der Waals surface area contributed by atoms with Crippen LogP contribution in [-0.4, -0.2) is 8.42 Å². The number of sulfone groups is 1. The van der Waals surface area contributed by atoms with Crippen LogP contribution in [0.5, 0.6) is 0 Å². The van der Waals surface area contributed by atoms with E-state index in [2.05, 4.69) is 38.5 Å². The molecule has 0 radical (unpaired) electrons. The van der Waals surface area contributed by atoms with Crippen molar-refractivity contribution in [3.63, 3.8) is 0 Å². The number of halogens is 2. The Labute approximate surface area is 129 Å². The highest BCUT2D eigenvalue weighted by atomic mass is 127. The first-order valence-electron chi connectivity index (χ1n) is 5.21. The first kappa shape index (κ1) is 14.0. The van der Waals surface area contributed by atoms with E-state index in [0.29, 0.717) is 4.90 Å². The average Bonchev–Trinajstić information content (AvgIpc) is 2.35. The van der Waals surface area contributed by atoms with E-state index < -0.39 is 9.84 Å². The van der Waals surface area contributed by atoms with E-state index >= 15 is 0 Å². The fourth-order valence-electron chi connectivity index (χ4n) is 1.57. The highest BCUT2D eigenvalue weighted by Gasteiger charge is 2.16. The molecule has 0 unspecified atom stereocenters. The summed E-state index contributed by atoms with van der Waals surface area (Å²) in [5.74, 6) is 0.0225. The van der Waals surface area contributed by atoms with Crippen LogP contribution in [0.25, 0.3) is 0 Å². The first-order chi connectivity index (χ1) is 8.49. The zero-order valence-corrected chi connectivity index (χ0v) is 13.9. The lowest BCUT2D eigenvalue weighted by Gasteiger charge is -2.07. The monoisotopic (exact) mass is 436 g/mol. The molecule has 0 spiro atoms. The summed E-state index contributed by atoms with van der Waals surface area (Å²) in [6.07, 6.45) is 0. The van der Waals surface area contributed by atoms with Crippen LogP contribution >= 0.6 is 38.5 Å². The van der Waals surface area contributed by atoms with Crippen LogP contribution in [0.4, 0.5) is 0 Å². The summed E-state index contributed by atoms with van der Waals surface area (Å²) in [5, 5.41) is 0. The molecular formula is C13H10BrIO2S. The maximum atomic E-state index is 12.2. The molecule has 0 atom stereocenters. The summed E-state index contributed by atoms with van der Waals surface area (Å²) < 4.78 is 26.3. The molecule has 2 aromatic carbocycles. The van der Waals surface area contributed by atoms with Crippen molar-refractivity contribution < 1.29 is 8.42 Å². The molecule has 5 heteroatoms. The fraction of sp³-hybridized carbons (Fsp3) is 0.0769. The lowest BCUT2D eigenvalue weighted by atomic mass is 10.2. The minimum atomic E-state index is -3.28. The van der Waals surface area contributed by atoms with Crippen molar-refractivity contribution in [1.29, 1.82) is 0 Å². The maximum Gasteiger partial charge on any atom is 0.182 e. The summed E-state index contributed by atoms with van der Waals surface area (Å²) in [6, 6.07) is 14.2. The summed E-state index contributed by atoms with van der Waals surface area (Å²) in [4.78, 5) is 0.362. The van der Waals surface area contributed by atoms with Crippen molar-refractivity contribution in [1.82, 2.24) is 0 Å². The number of hydrogen-bond donors (Lipinski definition) is 0. The van der Waals surface area contributed by atoms with Gasteiger partial charge in [-0.2, -0.15) is 0 Å². The molecule has 2 rings (SSSR count). The molecule has 0 aromatic heterocycles. The fourth-order valence-corrected chi connectivity index (χ4v) is 4.15. The molecule has 2 aromatic rings. The van der Waals surface area contributed by atoms with Gasteiger partial charge in [0.2, 0.25) is 0 Å². The molecule has 0 saturated carbocycles. The van der Waals surface area contributed by atoms with Crippen molar-refractivity contribution in [3.8, 4) is 0 Å². The van der Waals surface area contributed by atoms with Crippen molar-refractivity contribution in [2.75, 3.05) is 0 Å². The van der Waals surface area contributed by atoms with Gasteiger partial charge in [0.05, 0.1) is 10.6 Å². The van der Waals surface area contributed by atoms with Crippen molar-refractivity contribution >= 4 is 48.4 Å². The minimum absolute atomic E-state index is 0.0225. The topological polar surface area (TPSA) is 34.1 Å². The molecule has 2 nitrogen and oxygen atoms in total. The van der Waals surface area contributed by atoms with Crippen LogP contribution < -0.4 is 0 Å². The van der Waals surface area contributed by atoms with Gasteiger partial charge in [-0.15, -0.1) is 0 Å². The van der Waals surface area contributed by atoms with E-state index in [1.807, 2.05) is 24.3 Å². The molecule has 0 saturated heterocycles. The predicted octanol–water partition coefficient (Wildman–Crippen LogP) is 4.03. The SMILES string of the molecule is O=S(=O)(Cc1cc(Br)ccc1I)c1ccccc1. The molecule has 0 heterocycles. The Kier molecular flexibility index (Phi) is 4.45. The van der Waals surface area contributed by atoms with Crippen LogP contribution in [0.15, 0.2) is 57.9 Å². The van der Waals surface area contributed by atoms with E-state index in [1.165, 1.54) is 0 Å². The third-order valence-electron chi connectivity index (χ3n) is 2.46. The van der Waals surface area contributed by atoms with Gasteiger partial charge in [0.1, 0.15) is 0 Å². The van der Waals surface area contributed by atoms with Crippen molar-refractivity contribution in [3.05, 3.63) is 62.1 Å². The molecule has 0 aliphatic carbocycles. The standard InChI is InChI=1S/C13H10BrIO2S/c14-11-6-7-13(15)10(8-11)9-18(16,17)12-4-2-1-3-5-12/h1-8H,9H2. The quantitative estimate of drug-likeness (QED) is 0.680. The number of hydrogen-bond acceptors (Lipinski definition) is 2. The minimum Gasteiger partial charge on any atom is -0.223 e. The van der Waals surface area contributed by atoms with Crippen LogP contribution in [0.2, 0.25) is 0 Å². The van der Waals surface area contributed by atoms with Gasteiger partial charge >= 0.3 is 0 Å². The van der Waals surface area contributed by atoms with Crippen LogP contribution in [-0.2, 0) is 15.6 Å². The van der Waals surface area contributed by atoms with Gasteiger partial charge in [0, 0.05) is 8.04 Å². The molecule has 0 fully saturated rings. The third-order valence-corrected chi connectivity index (χ3v) is 5.68. The summed E-state index contributed by atoms with van der Waals surface area (Å²) in [7, 11) is -3.28. The summed E-state index contributed by atoms with van der Waals surface area (Å²) in [5.41, 5.74) is 0.814. The maximum absolute atomic E-state index is 12.2. The average molecular weight is 437 g/mol. The third kappa shape index (κ3) is 3.33. The summed E-state index contributed by atoms with van der Waals surface area (Å²) in [6.45, 7) is 0. The Hall–Kier alpha value is -0.400. The zero-order chi connectivity index (χ0) is 13.2. The van der Waals surface area contributed by atoms with E-state index in [4.69, 9.17) is 0 Å². The highest BCUT2D eigenvalue weighted by Crippen LogP contribution is 2.23. The molecule has 0 amide bonds. The molecular weight excluding hydrogens is 427 g/mol. The van der Waals surface area contributed by atoms with Gasteiger partial charge in [-0.25, -0.2) is 8.42 Å². The molecule has 0 aliphatic rings. The lowest BCUT2D eigenvalue weighted by molar-refractivity contribution is 0.595. The molecule has 0 N–H and O–H groups in total. The molecule has 18 heavy (non-hydrogen) atoms. The molecule has 0 bridgehead atoms. The summed E-state index contributed by atoms with van der Waals surface area (Å²) >= 11 is 5.51. The van der Waals surface area contributed by atoms with Crippen molar-refractivity contribution in [2.45, 2.75) is 10.6 Å². The van der Waals surface area contributed by atoms with Crippen LogP contribution in [0.3, 0.4) is 0 Å². The largest absolute Gasteiger partial charge is 0.223 e. The van der Waals surface area contributed by atoms with Gasteiger partial charge in [-0.3, -0.25) is 0 Å². The number of benzene rings is 2. The lowest BCUT2D eigenvalue weighted by Crippen LogP contribution is -2.06. The van der Waals surface area contributed by atoms with Gasteiger partial charge in [0.15, 0.2) is 9.84 Å². The second kappa shape index (κ2) is 5.71. The zero-order valence-electron chi connectivity index (χ0n) is 9.31. The normalized spacial score (nSPS) is 11.4. The number of rotatable bonds is 3. The van der Waals surface area contributed by atoms with E-state index in [-0.39, 0.29) is 5.75 Å². The smallest absolute Gasteiger partial charge is 0.182 e. The Bertz CT molecular complexity index is 654. The van der Waals surface area contributed by atoms with E-state index in [0.717, 1.165) is 13.6 Å². The van der Waals surface area contributed by atoms with Crippen LogP contribution in [0, 0.1) is 3.57 Å². The molecule has 94 valence electrons. The van der Waals surface area contributed by atoms with Gasteiger partial charge in [-0.05, 0) is 58.5 Å². The Balaban J connectivity index is 2.37. The first-order valence-corrected chi connectivity index (χ1v) is 8.73. The van der Waals surface area contributed by atoms with Gasteiger partial charge < -0.3 is 0 Å². The Morgan fingerprint density at radius 2 is 1.72 bits per heavy atom. The molecule has 0 aliphatic heterocycles. The van der Waals surface area contributed by atoms with Crippen molar-refractivity contribution in [2.24, 2.45) is 0 Å². The van der Waals surface area contributed by atoms with Crippen LogP contribution in [0.1, 0.15) is 5.56 Å². The predicted molar refractivity (Wildman–Crippen MR) is 84.2 cm³/mol. The second-order valence-electron chi connectivity index (χ2n) is 3.81. The van der Waals surface area contributed by atoms with E-state index in [1.54, 1.807) is 24.3 Å². The van der Waals surface area contributed by atoms with Gasteiger partial charge in [-0.1, -0.05) is 34.1 Å². The highest BCUT2D eigenvalue weighted by molar-refractivity contribution is 14.1. The second-order valence-corrected chi connectivity index (χ2v) is 7.88. The van der Waals surface area contributed by atoms with Gasteiger partial charge in [0.25, 0.3) is 0 Å². The van der Waals surface area contributed by atoms with E-state index in [9.17, 15) is 8.42 Å².